The first kappa shape index (κ1) is 23.7. The Labute approximate surface area is 203 Å². The Kier molecular flexibility index (Phi) is 6.54. The minimum Gasteiger partial charge on any atom is -0.328 e. The van der Waals surface area contributed by atoms with Gasteiger partial charge in [-0.25, -0.2) is 0 Å². The maximum absolute atomic E-state index is 13.9. The number of fused-ring (bicyclic) bond motifs is 1. The van der Waals surface area contributed by atoms with Crippen molar-refractivity contribution < 1.29 is 14.4 Å². The molecular formula is C25H27Cl2N3O3. The standard InChI is InChI=1S/C25H27Cl2N3O3/c1-15-6-4-7-20(23(15)28-13-31)25(3)16(2)22(21-8-5-9-30(21)25)24(33)29(14-32)19-11-17(26)10-18(27)12-19/h4,6-7,10-14,16,21-22H,5,8-9H2,1-3H3,(H,28,31). The number of hydrogen-bond donors (Lipinski definition) is 1. The summed E-state index contributed by atoms with van der Waals surface area (Å²) in [6.07, 6.45) is 3.05. The number of nitrogens with zero attached hydrogens (tertiary/aromatic N) is 2. The molecule has 33 heavy (non-hydrogen) atoms. The lowest BCUT2D eigenvalue weighted by Crippen LogP contribution is -2.43. The van der Waals surface area contributed by atoms with E-state index in [-0.39, 0.29) is 17.9 Å². The summed E-state index contributed by atoms with van der Waals surface area (Å²) in [4.78, 5) is 40.8. The maximum Gasteiger partial charge on any atom is 0.238 e. The van der Waals surface area contributed by atoms with Crippen molar-refractivity contribution in [2.24, 2.45) is 11.8 Å². The Bertz CT molecular complexity index is 1090. The number of anilines is 2. The van der Waals surface area contributed by atoms with E-state index in [1.807, 2.05) is 25.1 Å². The summed E-state index contributed by atoms with van der Waals surface area (Å²) in [6.45, 7) is 6.99. The number of halogens is 2. The molecule has 2 aromatic carbocycles. The summed E-state index contributed by atoms with van der Waals surface area (Å²) in [6, 6.07) is 10.6. The molecule has 4 atom stereocenters. The molecule has 2 saturated heterocycles. The molecule has 0 aliphatic carbocycles. The van der Waals surface area contributed by atoms with Crippen molar-refractivity contribution in [1.29, 1.82) is 0 Å². The number of para-hydroxylation sites is 1. The zero-order valence-electron chi connectivity index (χ0n) is 18.8. The molecule has 4 unspecified atom stereocenters. The summed E-state index contributed by atoms with van der Waals surface area (Å²) in [5.74, 6) is -0.805. The van der Waals surface area contributed by atoms with E-state index in [9.17, 15) is 14.4 Å². The largest absolute Gasteiger partial charge is 0.328 e. The number of carbonyl (C=O) groups is 3. The van der Waals surface area contributed by atoms with Crippen LogP contribution in [0.3, 0.4) is 0 Å². The van der Waals surface area contributed by atoms with Gasteiger partial charge in [-0.05, 0) is 68.5 Å². The Morgan fingerprint density at radius 2 is 1.91 bits per heavy atom. The molecule has 2 fully saturated rings. The third kappa shape index (κ3) is 3.84. The van der Waals surface area contributed by atoms with Crippen LogP contribution in [0.15, 0.2) is 36.4 Å². The third-order valence-corrected chi connectivity index (χ3v) is 7.95. The molecule has 1 N–H and O–H groups in total. The fraction of sp³-hybridized carbons (Fsp3) is 0.400. The van der Waals surface area contributed by atoms with Gasteiger partial charge in [0.25, 0.3) is 0 Å². The normalized spacial score (nSPS) is 26.6. The number of imide groups is 1. The summed E-state index contributed by atoms with van der Waals surface area (Å²) in [7, 11) is 0. The molecule has 4 rings (SSSR count). The van der Waals surface area contributed by atoms with Gasteiger partial charge in [0, 0.05) is 27.3 Å². The smallest absolute Gasteiger partial charge is 0.238 e. The number of carbonyl (C=O) groups excluding carboxylic acids is 3. The average molecular weight is 488 g/mol. The van der Waals surface area contributed by atoms with Crippen molar-refractivity contribution in [2.75, 3.05) is 16.8 Å². The molecule has 0 radical (unpaired) electrons. The van der Waals surface area contributed by atoms with E-state index in [0.29, 0.717) is 28.6 Å². The van der Waals surface area contributed by atoms with E-state index in [4.69, 9.17) is 23.2 Å². The molecule has 0 aromatic heterocycles. The van der Waals surface area contributed by atoms with E-state index >= 15 is 0 Å². The lowest BCUT2D eigenvalue weighted by atomic mass is 9.74. The van der Waals surface area contributed by atoms with Crippen LogP contribution in [0, 0.1) is 18.8 Å². The molecule has 2 aliphatic heterocycles. The second kappa shape index (κ2) is 9.09. The SMILES string of the molecule is Cc1cccc(C2(C)C(C)C(C(=O)N(C=O)c3cc(Cl)cc(Cl)c3)C3CCCN32)c1NC=O. The Morgan fingerprint density at radius 3 is 2.55 bits per heavy atom. The fourth-order valence-corrected chi connectivity index (χ4v) is 6.40. The van der Waals surface area contributed by atoms with Gasteiger partial charge in [0.15, 0.2) is 0 Å². The summed E-state index contributed by atoms with van der Waals surface area (Å²) < 4.78 is 0. The van der Waals surface area contributed by atoms with Crippen LogP contribution < -0.4 is 10.2 Å². The topological polar surface area (TPSA) is 69.7 Å². The molecule has 2 aromatic rings. The van der Waals surface area contributed by atoms with E-state index in [1.54, 1.807) is 18.2 Å². The Hall–Kier alpha value is -2.41. The molecule has 3 amide bonds. The minimum absolute atomic E-state index is 0.0146. The summed E-state index contributed by atoms with van der Waals surface area (Å²) >= 11 is 12.3. The van der Waals surface area contributed by atoms with Crippen LogP contribution in [0.2, 0.25) is 10.0 Å². The average Bonchev–Trinajstić information content (AvgIpc) is 3.31. The second-order valence-corrected chi connectivity index (χ2v) is 9.94. The van der Waals surface area contributed by atoms with Crippen LogP contribution >= 0.6 is 23.2 Å². The lowest BCUT2D eigenvalue weighted by Gasteiger charge is -2.40. The van der Waals surface area contributed by atoms with Crippen molar-refractivity contribution in [3.63, 3.8) is 0 Å². The van der Waals surface area contributed by atoms with Crippen LogP contribution in [-0.4, -0.2) is 36.2 Å². The molecule has 6 nitrogen and oxygen atoms in total. The van der Waals surface area contributed by atoms with Crippen molar-refractivity contribution in [1.82, 2.24) is 4.90 Å². The molecule has 0 saturated carbocycles. The number of rotatable bonds is 6. The third-order valence-electron chi connectivity index (χ3n) is 7.51. The molecule has 2 heterocycles. The van der Waals surface area contributed by atoms with Crippen molar-refractivity contribution >= 4 is 53.3 Å². The first-order valence-corrected chi connectivity index (χ1v) is 11.8. The van der Waals surface area contributed by atoms with E-state index in [2.05, 4.69) is 24.1 Å². The molecule has 8 heteroatoms. The van der Waals surface area contributed by atoms with E-state index < -0.39 is 11.5 Å². The highest BCUT2D eigenvalue weighted by Crippen LogP contribution is 2.55. The summed E-state index contributed by atoms with van der Waals surface area (Å²) in [5, 5.41) is 3.58. The predicted octanol–water partition coefficient (Wildman–Crippen LogP) is 5.01. The Morgan fingerprint density at radius 1 is 1.21 bits per heavy atom. The Balaban J connectivity index is 1.79. The maximum atomic E-state index is 13.9. The number of aryl methyl sites for hydroxylation is 1. The molecule has 174 valence electrons. The van der Waals surface area contributed by atoms with Crippen LogP contribution in [-0.2, 0) is 19.9 Å². The number of nitrogens with one attached hydrogen (secondary N) is 1. The van der Waals surface area contributed by atoms with Gasteiger partial charge in [0.2, 0.25) is 18.7 Å². The highest BCUT2D eigenvalue weighted by Gasteiger charge is 2.59. The van der Waals surface area contributed by atoms with Gasteiger partial charge in [0.1, 0.15) is 0 Å². The first-order chi connectivity index (χ1) is 15.7. The van der Waals surface area contributed by atoms with Gasteiger partial charge >= 0.3 is 0 Å². The predicted molar refractivity (Wildman–Crippen MR) is 131 cm³/mol. The molecule has 0 spiro atoms. The van der Waals surface area contributed by atoms with E-state index in [0.717, 1.165) is 41.1 Å². The van der Waals surface area contributed by atoms with Crippen molar-refractivity contribution in [3.8, 4) is 0 Å². The quantitative estimate of drug-likeness (QED) is 0.581. The van der Waals surface area contributed by atoms with Crippen molar-refractivity contribution in [2.45, 2.75) is 45.2 Å². The zero-order valence-corrected chi connectivity index (χ0v) is 20.4. The second-order valence-electron chi connectivity index (χ2n) is 9.07. The number of hydrogen-bond acceptors (Lipinski definition) is 4. The molecule has 0 bridgehead atoms. The number of benzene rings is 2. The zero-order chi connectivity index (χ0) is 23.9. The van der Waals surface area contributed by atoms with Crippen LogP contribution in [0.25, 0.3) is 0 Å². The van der Waals surface area contributed by atoms with Gasteiger partial charge in [-0.1, -0.05) is 48.3 Å². The van der Waals surface area contributed by atoms with Gasteiger partial charge in [0.05, 0.1) is 11.6 Å². The van der Waals surface area contributed by atoms with E-state index in [1.165, 1.54) is 0 Å². The molecular weight excluding hydrogens is 461 g/mol. The van der Waals surface area contributed by atoms with Gasteiger partial charge < -0.3 is 5.32 Å². The minimum atomic E-state index is -0.501. The van der Waals surface area contributed by atoms with Gasteiger partial charge in [-0.3, -0.25) is 24.2 Å². The van der Waals surface area contributed by atoms with Gasteiger partial charge in [-0.2, -0.15) is 0 Å². The summed E-state index contributed by atoms with van der Waals surface area (Å²) in [5.41, 5.74) is 2.57. The van der Waals surface area contributed by atoms with Crippen LogP contribution in [0.5, 0.6) is 0 Å². The van der Waals surface area contributed by atoms with Gasteiger partial charge in [-0.15, -0.1) is 0 Å². The molecule has 2 aliphatic rings. The lowest BCUT2D eigenvalue weighted by molar-refractivity contribution is -0.126. The van der Waals surface area contributed by atoms with Crippen LogP contribution in [0.1, 0.15) is 37.8 Å². The first-order valence-electron chi connectivity index (χ1n) is 11.1. The monoisotopic (exact) mass is 487 g/mol. The highest BCUT2D eigenvalue weighted by molar-refractivity contribution is 6.35. The fourth-order valence-electron chi connectivity index (χ4n) is 5.88. The van der Waals surface area contributed by atoms with Crippen molar-refractivity contribution in [3.05, 3.63) is 57.6 Å². The van der Waals surface area contributed by atoms with Crippen LogP contribution in [0.4, 0.5) is 11.4 Å². The number of amides is 3. The highest BCUT2D eigenvalue weighted by atomic mass is 35.5.